The number of carbonyl (C=O) groups excluding carboxylic acids is 1. The molecular formula is C21H21ClFN5O3. The number of aromatic nitrogens is 4. The maximum atomic E-state index is 14.6. The Morgan fingerprint density at radius 1 is 1.29 bits per heavy atom. The Bertz CT molecular complexity index is 1030. The van der Waals surface area contributed by atoms with E-state index in [9.17, 15) is 14.3 Å². The van der Waals surface area contributed by atoms with Crippen molar-refractivity contribution in [2.45, 2.75) is 25.0 Å². The summed E-state index contributed by atoms with van der Waals surface area (Å²) in [5.74, 6) is -0.578. The van der Waals surface area contributed by atoms with Crippen LogP contribution in [0.5, 0.6) is 5.75 Å². The Morgan fingerprint density at radius 3 is 2.81 bits per heavy atom. The monoisotopic (exact) mass is 445 g/mol. The number of benzene rings is 2. The Labute approximate surface area is 183 Å². The minimum absolute atomic E-state index is 0.00153. The average molecular weight is 446 g/mol. The fourth-order valence-corrected chi connectivity index (χ4v) is 3.73. The molecule has 1 amide bonds. The van der Waals surface area contributed by atoms with E-state index in [1.165, 1.54) is 23.1 Å². The highest BCUT2D eigenvalue weighted by atomic mass is 35.5. The first kappa shape index (κ1) is 21.2. The summed E-state index contributed by atoms with van der Waals surface area (Å²) in [6.45, 7) is 1.17. The molecule has 1 fully saturated rings. The van der Waals surface area contributed by atoms with Gasteiger partial charge in [0, 0.05) is 30.1 Å². The number of carbonyl (C=O) groups is 1. The second kappa shape index (κ2) is 9.40. The molecule has 0 radical (unpaired) electrons. The molecule has 10 heteroatoms. The van der Waals surface area contributed by atoms with Crippen molar-refractivity contribution in [3.05, 3.63) is 70.8 Å². The Balaban J connectivity index is 1.34. The number of aliphatic hydroxyl groups excluding tert-OH is 1. The zero-order chi connectivity index (χ0) is 21.8. The average Bonchev–Trinajstić information content (AvgIpc) is 3.45. The van der Waals surface area contributed by atoms with Gasteiger partial charge >= 0.3 is 0 Å². The number of aliphatic hydroxyl groups is 1. The molecule has 1 aliphatic rings. The van der Waals surface area contributed by atoms with Gasteiger partial charge in [-0.2, -0.15) is 0 Å². The maximum Gasteiger partial charge on any atom is 0.256 e. The van der Waals surface area contributed by atoms with Gasteiger partial charge in [-0.1, -0.05) is 23.7 Å². The minimum Gasteiger partial charge on any atom is -0.491 e. The van der Waals surface area contributed by atoms with Gasteiger partial charge in [-0.3, -0.25) is 4.79 Å². The van der Waals surface area contributed by atoms with Crippen LogP contribution in [0.4, 0.5) is 4.39 Å². The lowest BCUT2D eigenvalue weighted by Gasteiger charge is -2.18. The number of halogens is 2. The quantitative estimate of drug-likeness (QED) is 0.600. The van der Waals surface area contributed by atoms with Crippen LogP contribution in [0.1, 0.15) is 28.3 Å². The van der Waals surface area contributed by atoms with E-state index < -0.39 is 11.9 Å². The summed E-state index contributed by atoms with van der Waals surface area (Å²) >= 11 is 5.94. The highest BCUT2D eigenvalue weighted by Crippen LogP contribution is 2.29. The molecule has 1 aliphatic heterocycles. The van der Waals surface area contributed by atoms with Gasteiger partial charge in [-0.05, 0) is 46.7 Å². The lowest BCUT2D eigenvalue weighted by atomic mass is 9.99. The van der Waals surface area contributed by atoms with Gasteiger partial charge in [0.2, 0.25) is 0 Å². The van der Waals surface area contributed by atoms with E-state index in [-0.39, 0.29) is 36.3 Å². The van der Waals surface area contributed by atoms with Gasteiger partial charge in [-0.25, -0.2) is 9.07 Å². The number of amides is 1. The van der Waals surface area contributed by atoms with Crippen molar-refractivity contribution in [2.24, 2.45) is 0 Å². The molecule has 0 saturated carbocycles. The van der Waals surface area contributed by atoms with Gasteiger partial charge in [0.1, 0.15) is 30.6 Å². The van der Waals surface area contributed by atoms with Gasteiger partial charge in [0.15, 0.2) is 0 Å². The smallest absolute Gasteiger partial charge is 0.256 e. The number of tetrazole rings is 1. The summed E-state index contributed by atoms with van der Waals surface area (Å²) in [4.78, 5) is 14.5. The van der Waals surface area contributed by atoms with Crippen molar-refractivity contribution in [3.8, 4) is 5.75 Å². The molecule has 3 aromatic rings. The molecule has 0 bridgehead atoms. The first-order chi connectivity index (χ1) is 15.0. The van der Waals surface area contributed by atoms with Crippen LogP contribution < -0.4 is 4.74 Å². The zero-order valence-electron chi connectivity index (χ0n) is 16.6. The van der Waals surface area contributed by atoms with E-state index in [0.717, 1.165) is 18.1 Å². The fraction of sp³-hybridized carbons (Fsp3) is 0.333. The van der Waals surface area contributed by atoms with Gasteiger partial charge in [0.05, 0.1) is 12.1 Å². The van der Waals surface area contributed by atoms with Gasteiger partial charge in [0.25, 0.3) is 5.91 Å². The second-order valence-corrected chi connectivity index (χ2v) is 7.86. The van der Waals surface area contributed by atoms with Gasteiger partial charge in [-0.15, -0.1) is 5.10 Å². The largest absolute Gasteiger partial charge is 0.491 e. The molecule has 162 valence electrons. The molecule has 2 heterocycles. The first-order valence-corrected chi connectivity index (χ1v) is 10.2. The summed E-state index contributed by atoms with van der Waals surface area (Å²) < 4.78 is 21.4. The van der Waals surface area contributed by atoms with E-state index in [1.807, 2.05) is 24.3 Å². The number of hydrogen-bond donors (Lipinski definition) is 1. The lowest BCUT2D eigenvalue weighted by Crippen LogP contribution is -2.29. The highest BCUT2D eigenvalue weighted by molar-refractivity contribution is 6.30. The summed E-state index contributed by atoms with van der Waals surface area (Å²) in [6.07, 6.45) is 1.32. The summed E-state index contributed by atoms with van der Waals surface area (Å²) in [7, 11) is 0. The number of hydrogen-bond acceptors (Lipinski definition) is 6. The second-order valence-electron chi connectivity index (χ2n) is 7.43. The van der Waals surface area contributed by atoms with Crippen LogP contribution in [0.2, 0.25) is 5.02 Å². The van der Waals surface area contributed by atoms with E-state index in [0.29, 0.717) is 18.1 Å². The molecule has 1 aromatic heterocycles. The van der Waals surface area contributed by atoms with E-state index in [4.69, 9.17) is 16.3 Å². The van der Waals surface area contributed by atoms with E-state index in [1.54, 1.807) is 4.90 Å². The third-order valence-corrected chi connectivity index (χ3v) is 5.47. The van der Waals surface area contributed by atoms with Crippen LogP contribution in [0.25, 0.3) is 0 Å². The summed E-state index contributed by atoms with van der Waals surface area (Å²) in [5, 5.41) is 21.2. The van der Waals surface area contributed by atoms with Crippen LogP contribution in [0.3, 0.4) is 0 Å². The normalized spacial score (nSPS) is 17.0. The molecule has 8 nitrogen and oxygen atoms in total. The molecule has 4 rings (SSSR count). The van der Waals surface area contributed by atoms with Crippen molar-refractivity contribution < 1.29 is 19.0 Å². The zero-order valence-corrected chi connectivity index (χ0v) is 17.3. The van der Waals surface area contributed by atoms with E-state index in [2.05, 4.69) is 15.5 Å². The molecule has 1 N–H and O–H groups in total. The summed E-state index contributed by atoms with van der Waals surface area (Å²) in [5.41, 5.74) is 1.11. The maximum absolute atomic E-state index is 14.6. The van der Waals surface area contributed by atoms with Crippen molar-refractivity contribution >= 4 is 17.5 Å². The number of rotatable bonds is 7. The molecule has 2 atom stereocenters. The highest BCUT2D eigenvalue weighted by Gasteiger charge is 2.29. The number of likely N-dealkylation sites (tertiary alicyclic amines) is 1. The third kappa shape index (κ3) is 5.18. The molecule has 0 unspecified atom stereocenters. The molecule has 2 aromatic carbocycles. The van der Waals surface area contributed by atoms with Crippen LogP contribution in [0.15, 0.2) is 48.8 Å². The van der Waals surface area contributed by atoms with Crippen molar-refractivity contribution in [1.29, 1.82) is 0 Å². The number of ether oxygens (including phenoxy) is 1. The molecule has 1 saturated heterocycles. The number of nitrogens with zero attached hydrogens (tertiary/aromatic N) is 5. The predicted octanol–water partition coefficient (Wildman–Crippen LogP) is 2.54. The Kier molecular flexibility index (Phi) is 6.43. The standard InChI is InChI=1S/C21H21ClFN5O3/c22-16-3-1-14(2-4-16)15-7-8-27(10-15)21(30)19-6-5-18(9-20(19)23)31-12-17(29)11-28-13-24-25-26-28/h1-6,9,13,15,17,29H,7-8,10-12H2/t15-,17+/m0/s1. The molecule has 0 aliphatic carbocycles. The topological polar surface area (TPSA) is 93.4 Å². The van der Waals surface area contributed by atoms with Crippen LogP contribution in [-0.2, 0) is 6.54 Å². The van der Waals surface area contributed by atoms with E-state index >= 15 is 0 Å². The Hall–Kier alpha value is -3.04. The molecule has 31 heavy (non-hydrogen) atoms. The van der Waals surface area contributed by atoms with Crippen LogP contribution >= 0.6 is 11.6 Å². The van der Waals surface area contributed by atoms with Crippen LogP contribution in [-0.4, -0.2) is 61.9 Å². The van der Waals surface area contributed by atoms with Crippen LogP contribution in [0, 0.1) is 5.82 Å². The molecular weight excluding hydrogens is 425 g/mol. The van der Waals surface area contributed by atoms with Crippen molar-refractivity contribution in [2.75, 3.05) is 19.7 Å². The minimum atomic E-state index is -0.873. The first-order valence-electron chi connectivity index (χ1n) is 9.85. The summed E-state index contributed by atoms with van der Waals surface area (Å²) in [6, 6.07) is 11.7. The van der Waals surface area contributed by atoms with Crippen molar-refractivity contribution in [1.82, 2.24) is 25.1 Å². The van der Waals surface area contributed by atoms with Crippen molar-refractivity contribution in [3.63, 3.8) is 0 Å². The molecule has 0 spiro atoms. The van der Waals surface area contributed by atoms with Gasteiger partial charge < -0.3 is 14.7 Å². The predicted molar refractivity (Wildman–Crippen MR) is 110 cm³/mol. The Morgan fingerprint density at radius 2 is 2.10 bits per heavy atom. The fourth-order valence-electron chi connectivity index (χ4n) is 3.61. The lowest BCUT2D eigenvalue weighted by molar-refractivity contribution is 0.0784. The third-order valence-electron chi connectivity index (χ3n) is 5.22. The SMILES string of the molecule is O=C(c1ccc(OC[C@H](O)Cn2cnnn2)cc1F)N1CC[C@H](c2ccc(Cl)cc2)C1.